The van der Waals surface area contributed by atoms with E-state index in [1.165, 1.54) is 0 Å². The minimum absolute atomic E-state index is 0.136. The number of allylic oxidation sites excluding steroid dienone is 1. The van der Waals surface area contributed by atoms with E-state index in [4.69, 9.17) is 9.84 Å². The molecule has 0 heterocycles. The maximum Gasteiger partial charge on any atom is 0.337 e. The summed E-state index contributed by atoms with van der Waals surface area (Å²) in [6.07, 6.45) is 5.40. The van der Waals surface area contributed by atoms with Crippen molar-refractivity contribution < 1.29 is 19.4 Å². The molecular weight excluding hydrogens is 208 g/mol. The maximum atomic E-state index is 11.2. The Balaban J connectivity index is 3.73. The number of hydrogen-bond donors (Lipinski definition) is 1. The molecule has 0 saturated carbocycles. The zero-order valence-corrected chi connectivity index (χ0v) is 9.57. The van der Waals surface area contributed by atoms with E-state index in [1.54, 1.807) is 12.2 Å². The lowest BCUT2D eigenvalue weighted by Gasteiger charge is -2.01. The second-order valence-corrected chi connectivity index (χ2v) is 3.35. The van der Waals surface area contributed by atoms with Crippen LogP contribution in [0.3, 0.4) is 0 Å². The van der Waals surface area contributed by atoms with Crippen LogP contribution in [-0.4, -0.2) is 23.7 Å². The van der Waals surface area contributed by atoms with Crippen molar-refractivity contribution >= 4 is 11.9 Å². The van der Waals surface area contributed by atoms with E-state index in [-0.39, 0.29) is 6.42 Å². The number of ether oxygens (including phenoxy) is 1. The minimum Gasteiger partial charge on any atom is -0.481 e. The second kappa shape index (κ2) is 8.71. The van der Waals surface area contributed by atoms with E-state index in [9.17, 15) is 9.59 Å². The monoisotopic (exact) mass is 226 g/mol. The van der Waals surface area contributed by atoms with Crippen molar-refractivity contribution in [2.75, 3.05) is 6.61 Å². The molecule has 0 rings (SSSR count). The van der Waals surface area contributed by atoms with Gasteiger partial charge in [-0.2, -0.15) is 0 Å². The molecule has 4 nitrogen and oxygen atoms in total. The molecule has 90 valence electrons. The summed E-state index contributed by atoms with van der Waals surface area (Å²) in [7, 11) is 0. The summed E-state index contributed by atoms with van der Waals surface area (Å²) in [5, 5.41) is 8.39. The number of carboxylic acid groups (broad SMARTS) is 1. The minimum atomic E-state index is -0.811. The SMILES string of the molecule is C=C(C=CCCCC(=O)O)C(=O)OCCC. The van der Waals surface area contributed by atoms with Crippen LogP contribution in [0.15, 0.2) is 24.3 Å². The lowest BCUT2D eigenvalue weighted by atomic mass is 10.2. The number of carbonyl (C=O) groups excluding carboxylic acids is 1. The number of carboxylic acids is 1. The van der Waals surface area contributed by atoms with Crippen LogP contribution >= 0.6 is 0 Å². The molecule has 0 aromatic heterocycles. The van der Waals surface area contributed by atoms with Gasteiger partial charge in [0.15, 0.2) is 0 Å². The molecule has 0 aromatic rings. The molecule has 0 bridgehead atoms. The molecule has 0 radical (unpaired) electrons. The van der Waals surface area contributed by atoms with Gasteiger partial charge < -0.3 is 9.84 Å². The van der Waals surface area contributed by atoms with Crippen molar-refractivity contribution in [3.8, 4) is 0 Å². The first-order valence-electron chi connectivity index (χ1n) is 5.32. The fraction of sp³-hybridized carbons (Fsp3) is 0.500. The van der Waals surface area contributed by atoms with Crippen molar-refractivity contribution in [2.45, 2.75) is 32.6 Å². The number of carbonyl (C=O) groups is 2. The Bertz CT molecular complexity index is 279. The molecule has 0 fully saturated rings. The molecule has 0 aliphatic carbocycles. The van der Waals surface area contributed by atoms with Gasteiger partial charge >= 0.3 is 11.9 Å². The normalized spacial score (nSPS) is 10.3. The molecule has 0 atom stereocenters. The summed E-state index contributed by atoms with van der Waals surface area (Å²) in [5.41, 5.74) is 0.295. The van der Waals surface area contributed by atoms with Crippen molar-refractivity contribution in [3.05, 3.63) is 24.3 Å². The highest BCUT2D eigenvalue weighted by Crippen LogP contribution is 2.02. The van der Waals surface area contributed by atoms with Gasteiger partial charge in [-0.05, 0) is 19.3 Å². The molecule has 0 amide bonds. The summed E-state index contributed by atoms with van der Waals surface area (Å²) in [5.74, 6) is -1.23. The van der Waals surface area contributed by atoms with Gasteiger partial charge in [0.1, 0.15) is 0 Å². The third kappa shape index (κ3) is 7.79. The topological polar surface area (TPSA) is 63.6 Å². The molecule has 0 spiro atoms. The van der Waals surface area contributed by atoms with Gasteiger partial charge in [0.05, 0.1) is 12.2 Å². The van der Waals surface area contributed by atoms with Crippen LogP contribution in [0.2, 0.25) is 0 Å². The van der Waals surface area contributed by atoms with Crippen LogP contribution in [0.4, 0.5) is 0 Å². The number of rotatable bonds is 8. The molecular formula is C12H18O4. The number of unbranched alkanes of at least 4 members (excludes halogenated alkanes) is 1. The van der Waals surface area contributed by atoms with Crippen molar-refractivity contribution in [3.63, 3.8) is 0 Å². The fourth-order valence-electron chi connectivity index (χ4n) is 0.952. The Labute approximate surface area is 95.6 Å². The zero-order valence-electron chi connectivity index (χ0n) is 9.57. The molecule has 0 unspecified atom stereocenters. The van der Waals surface area contributed by atoms with Gasteiger partial charge in [-0.25, -0.2) is 4.79 Å². The van der Waals surface area contributed by atoms with Crippen molar-refractivity contribution in [1.82, 2.24) is 0 Å². The largest absolute Gasteiger partial charge is 0.481 e. The van der Waals surface area contributed by atoms with Crippen LogP contribution in [0.25, 0.3) is 0 Å². The van der Waals surface area contributed by atoms with Gasteiger partial charge in [-0.15, -0.1) is 0 Å². The summed E-state index contributed by atoms with van der Waals surface area (Å²) in [6.45, 7) is 5.87. The van der Waals surface area contributed by atoms with Gasteiger partial charge in [0, 0.05) is 6.42 Å². The van der Waals surface area contributed by atoms with Crippen LogP contribution in [-0.2, 0) is 14.3 Å². The summed E-state index contributed by atoms with van der Waals surface area (Å²) in [6, 6.07) is 0. The van der Waals surface area contributed by atoms with E-state index in [2.05, 4.69) is 6.58 Å². The molecule has 4 heteroatoms. The van der Waals surface area contributed by atoms with Gasteiger partial charge in [0.2, 0.25) is 0 Å². The Hall–Kier alpha value is -1.58. The van der Waals surface area contributed by atoms with Crippen LogP contribution in [0.1, 0.15) is 32.6 Å². The fourth-order valence-corrected chi connectivity index (χ4v) is 0.952. The predicted octanol–water partition coefficient (Wildman–Crippen LogP) is 2.31. The standard InChI is InChI=1S/C12H18O4/c1-3-9-16-12(15)10(2)7-5-4-6-8-11(13)14/h5,7H,2-4,6,8-9H2,1H3,(H,13,14). The Morgan fingerprint density at radius 3 is 2.69 bits per heavy atom. The summed E-state index contributed by atoms with van der Waals surface area (Å²) >= 11 is 0. The average Bonchev–Trinajstić information content (AvgIpc) is 2.24. The molecule has 0 aliphatic heterocycles. The average molecular weight is 226 g/mol. The quantitative estimate of drug-likeness (QED) is 0.298. The molecule has 0 saturated heterocycles. The number of hydrogen-bond acceptors (Lipinski definition) is 3. The Morgan fingerprint density at radius 2 is 2.12 bits per heavy atom. The lowest BCUT2D eigenvalue weighted by Crippen LogP contribution is -2.06. The first kappa shape index (κ1) is 14.4. The molecule has 0 aromatic carbocycles. The summed E-state index contributed by atoms with van der Waals surface area (Å²) < 4.78 is 4.86. The first-order chi connectivity index (χ1) is 7.57. The van der Waals surface area contributed by atoms with Gasteiger partial charge in [-0.1, -0.05) is 25.7 Å². The highest BCUT2D eigenvalue weighted by molar-refractivity contribution is 5.90. The first-order valence-corrected chi connectivity index (χ1v) is 5.32. The number of esters is 1. The van der Waals surface area contributed by atoms with E-state index >= 15 is 0 Å². The van der Waals surface area contributed by atoms with Crippen LogP contribution in [0, 0.1) is 0 Å². The van der Waals surface area contributed by atoms with E-state index in [0.29, 0.717) is 25.0 Å². The molecule has 1 N–H and O–H groups in total. The van der Waals surface area contributed by atoms with Crippen molar-refractivity contribution in [1.29, 1.82) is 0 Å². The Kier molecular flexibility index (Phi) is 7.85. The highest BCUT2D eigenvalue weighted by atomic mass is 16.5. The van der Waals surface area contributed by atoms with Crippen LogP contribution in [0.5, 0.6) is 0 Å². The third-order valence-corrected chi connectivity index (χ3v) is 1.78. The Morgan fingerprint density at radius 1 is 1.44 bits per heavy atom. The van der Waals surface area contributed by atoms with E-state index < -0.39 is 11.9 Å². The highest BCUT2D eigenvalue weighted by Gasteiger charge is 2.03. The van der Waals surface area contributed by atoms with E-state index in [0.717, 1.165) is 6.42 Å². The van der Waals surface area contributed by atoms with Gasteiger partial charge in [-0.3, -0.25) is 4.79 Å². The van der Waals surface area contributed by atoms with Gasteiger partial charge in [0.25, 0.3) is 0 Å². The van der Waals surface area contributed by atoms with Crippen molar-refractivity contribution in [2.24, 2.45) is 0 Å². The number of aliphatic carboxylic acids is 1. The lowest BCUT2D eigenvalue weighted by molar-refractivity contribution is -0.139. The smallest absolute Gasteiger partial charge is 0.337 e. The van der Waals surface area contributed by atoms with Crippen LogP contribution < -0.4 is 0 Å². The molecule has 16 heavy (non-hydrogen) atoms. The maximum absolute atomic E-state index is 11.2. The summed E-state index contributed by atoms with van der Waals surface area (Å²) in [4.78, 5) is 21.4. The predicted molar refractivity (Wildman–Crippen MR) is 61.0 cm³/mol. The zero-order chi connectivity index (χ0) is 12.4. The van der Waals surface area contributed by atoms with E-state index in [1.807, 2.05) is 6.92 Å². The molecule has 0 aliphatic rings. The second-order valence-electron chi connectivity index (χ2n) is 3.35. The third-order valence-electron chi connectivity index (χ3n) is 1.78.